The van der Waals surface area contributed by atoms with Gasteiger partial charge >= 0.3 is 5.97 Å². The summed E-state index contributed by atoms with van der Waals surface area (Å²) in [6.07, 6.45) is 6.08. The quantitative estimate of drug-likeness (QED) is 0.596. The van der Waals surface area contributed by atoms with E-state index in [1.54, 1.807) is 6.08 Å². The third-order valence-electron chi connectivity index (χ3n) is 3.44. The maximum atomic E-state index is 11.5. The Labute approximate surface area is 109 Å². The molecule has 0 heterocycles. The van der Waals surface area contributed by atoms with Gasteiger partial charge in [0.15, 0.2) is 0 Å². The van der Waals surface area contributed by atoms with Crippen molar-refractivity contribution in [3.8, 4) is 0 Å². The number of ether oxygens (including phenoxy) is 1. The molecule has 0 bridgehead atoms. The van der Waals surface area contributed by atoms with Gasteiger partial charge in [-0.1, -0.05) is 35.9 Å². The van der Waals surface area contributed by atoms with Crippen LogP contribution < -0.4 is 0 Å². The van der Waals surface area contributed by atoms with E-state index in [1.165, 1.54) is 17.6 Å². The minimum atomic E-state index is -0.193. The van der Waals surface area contributed by atoms with Crippen LogP contribution in [0.1, 0.15) is 44.1 Å². The molecule has 1 saturated carbocycles. The van der Waals surface area contributed by atoms with E-state index in [9.17, 15) is 4.79 Å². The molecule has 0 aliphatic heterocycles. The first kappa shape index (κ1) is 12.9. The fraction of sp³-hybridized carbons (Fsp3) is 0.438. The molecule has 2 heteroatoms. The average molecular weight is 244 g/mol. The molecule has 0 N–H and O–H groups in total. The molecule has 0 radical (unpaired) electrons. The van der Waals surface area contributed by atoms with Crippen LogP contribution in [0.2, 0.25) is 0 Å². The largest absolute Gasteiger partial charge is 0.463 e. The lowest BCUT2D eigenvalue weighted by molar-refractivity contribution is -0.137. The van der Waals surface area contributed by atoms with Crippen LogP contribution in [0.15, 0.2) is 42.0 Å². The lowest BCUT2D eigenvalue weighted by atomic mass is 9.81. The number of carbonyl (C=O) groups is 1. The summed E-state index contributed by atoms with van der Waals surface area (Å²) in [6.45, 7) is 2.29. The standard InChI is InChI=1S/C16H20O2/c1-2-18-16(17)12-13-7-6-10-15(11-13)14-8-4-3-5-9-14/h3-5,8-9,12,15H,2,6-7,10-11H2,1H3/b13-12-. The Morgan fingerprint density at radius 1 is 1.39 bits per heavy atom. The molecule has 1 aliphatic carbocycles. The minimum absolute atomic E-state index is 0.193. The van der Waals surface area contributed by atoms with Crippen LogP contribution in [-0.4, -0.2) is 12.6 Å². The molecule has 1 aromatic carbocycles. The van der Waals surface area contributed by atoms with Crippen molar-refractivity contribution in [3.05, 3.63) is 47.5 Å². The topological polar surface area (TPSA) is 26.3 Å². The van der Waals surface area contributed by atoms with Crippen molar-refractivity contribution >= 4 is 5.97 Å². The molecule has 1 unspecified atom stereocenters. The highest BCUT2D eigenvalue weighted by molar-refractivity contribution is 5.82. The number of esters is 1. The zero-order chi connectivity index (χ0) is 12.8. The van der Waals surface area contributed by atoms with Crippen LogP contribution in [0.4, 0.5) is 0 Å². The summed E-state index contributed by atoms with van der Waals surface area (Å²) in [5, 5.41) is 0. The molecule has 2 rings (SSSR count). The molecule has 1 fully saturated rings. The summed E-state index contributed by atoms with van der Waals surface area (Å²) in [5.41, 5.74) is 2.61. The Kier molecular flexibility index (Phi) is 4.57. The van der Waals surface area contributed by atoms with Crippen LogP contribution in [0, 0.1) is 0 Å². The fourth-order valence-electron chi connectivity index (χ4n) is 2.59. The Morgan fingerprint density at radius 2 is 2.17 bits per heavy atom. The molecule has 1 aromatic rings. The number of carbonyl (C=O) groups excluding carboxylic acids is 1. The molecule has 0 saturated heterocycles. The van der Waals surface area contributed by atoms with Crippen LogP contribution in [0.3, 0.4) is 0 Å². The Morgan fingerprint density at radius 3 is 2.89 bits per heavy atom. The summed E-state index contributed by atoms with van der Waals surface area (Å²) in [4.78, 5) is 11.5. The van der Waals surface area contributed by atoms with E-state index in [1.807, 2.05) is 13.0 Å². The molecular weight excluding hydrogens is 224 g/mol. The summed E-state index contributed by atoms with van der Waals surface area (Å²) >= 11 is 0. The first-order chi connectivity index (χ1) is 8.79. The van der Waals surface area contributed by atoms with Gasteiger partial charge in [-0.05, 0) is 44.1 Å². The molecular formula is C16H20O2. The SMILES string of the molecule is CCOC(=O)/C=C1/CCCC(c2ccccc2)C1. The average Bonchev–Trinajstić information content (AvgIpc) is 2.40. The fourth-order valence-corrected chi connectivity index (χ4v) is 2.59. The van der Waals surface area contributed by atoms with Crippen molar-refractivity contribution in [2.24, 2.45) is 0 Å². The van der Waals surface area contributed by atoms with Crippen molar-refractivity contribution in [1.82, 2.24) is 0 Å². The van der Waals surface area contributed by atoms with Crippen molar-refractivity contribution in [3.63, 3.8) is 0 Å². The third kappa shape index (κ3) is 3.46. The number of rotatable bonds is 3. The van der Waals surface area contributed by atoms with Gasteiger partial charge in [-0.15, -0.1) is 0 Å². The molecule has 0 aromatic heterocycles. The van der Waals surface area contributed by atoms with E-state index >= 15 is 0 Å². The number of allylic oxidation sites excluding steroid dienone is 1. The molecule has 0 amide bonds. The maximum absolute atomic E-state index is 11.5. The molecule has 1 atom stereocenters. The summed E-state index contributed by atoms with van der Waals surface area (Å²) in [7, 11) is 0. The van der Waals surface area contributed by atoms with E-state index in [4.69, 9.17) is 4.74 Å². The van der Waals surface area contributed by atoms with Gasteiger partial charge in [-0.3, -0.25) is 0 Å². The predicted molar refractivity (Wildman–Crippen MR) is 72.4 cm³/mol. The van der Waals surface area contributed by atoms with E-state index in [-0.39, 0.29) is 5.97 Å². The van der Waals surface area contributed by atoms with Crippen LogP contribution in [0.5, 0.6) is 0 Å². The lowest BCUT2D eigenvalue weighted by Crippen LogP contribution is -2.09. The van der Waals surface area contributed by atoms with E-state index in [0.29, 0.717) is 12.5 Å². The monoisotopic (exact) mass is 244 g/mol. The van der Waals surface area contributed by atoms with Gasteiger partial charge in [0.05, 0.1) is 6.61 Å². The highest BCUT2D eigenvalue weighted by atomic mass is 16.5. The molecule has 2 nitrogen and oxygen atoms in total. The molecule has 0 spiro atoms. The third-order valence-corrected chi connectivity index (χ3v) is 3.44. The van der Waals surface area contributed by atoms with Crippen molar-refractivity contribution in [2.45, 2.75) is 38.5 Å². The van der Waals surface area contributed by atoms with Gasteiger partial charge in [-0.25, -0.2) is 4.79 Å². The lowest BCUT2D eigenvalue weighted by Gasteiger charge is -2.24. The number of benzene rings is 1. The van der Waals surface area contributed by atoms with Crippen LogP contribution >= 0.6 is 0 Å². The molecule has 96 valence electrons. The highest BCUT2D eigenvalue weighted by Crippen LogP contribution is 2.35. The van der Waals surface area contributed by atoms with Gasteiger partial charge in [0, 0.05) is 6.08 Å². The highest BCUT2D eigenvalue weighted by Gasteiger charge is 2.19. The van der Waals surface area contributed by atoms with Gasteiger partial charge < -0.3 is 4.74 Å². The first-order valence-electron chi connectivity index (χ1n) is 6.70. The smallest absolute Gasteiger partial charge is 0.330 e. The summed E-state index contributed by atoms with van der Waals surface area (Å²) < 4.78 is 4.97. The zero-order valence-electron chi connectivity index (χ0n) is 10.9. The van der Waals surface area contributed by atoms with Crippen molar-refractivity contribution in [1.29, 1.82) is 0 Å². The van der Waals surface area contributed by atoms with E-state index in [2.05, 4.69) is 24.3 Å². The minimum Gasteiger partial charge on any atom is -0.463 e. The Bertz CT molecular complexity index is 420. The van der Waals surface area contributed by atoms with Crippen LogP contribution in [-0.2, 0) is 9.53 Å². The van der Waals surface area contributed by atoms with Gasteiger partial charge in [0.25, 0.3) is 0 Å². The number of hydrogen-bond acceptors (Lipinski definition) is 2. The second kappa shape index (κ2) is 6.39. The van der Waals surface area contributed by atoms with Crippen LogP contribution in [0.25, 0.3) is 0 Å². The first-order valence-corrected chi connectivity index (χ1v) is 6.70. The van der Waals surface area contributed by atoms with Gasteiger partial charge in [-0.2, -0.15) is 0 Å². The molecule has 18 heavy (non-hydrogen) atoms. The van der Waals surface area contributed by atoms with Gasteiger partial charge in [0.1, 0.15) is 0 Å². The second-order valence-corrected chi connectivity index (χ2v) is 4.76. The summed E-state index contributed by atoms with van der Waals surface area (Å²) in [5.74, 6) is 0.363. The maximum Gasteiger partial charge on any atom is 0.330 e. The normalized spacial score (nSPS) is 21.8. The van der Waals surface area contributed by atoms with Crippen molar-refractivity contribution < 1.29 is 9.53 Å². The van der Waals surface area contributed by atoms with Crippen molar-refractivity contribution in [2.75, 3.05) is 6.61 Å². The van der Waals surface area contributed by atoms with Gasteiger partial charge in [0.2, 0.25) is 0 Å². The van der Waals surface area contributed by atoms with E-state index < -0.39 is 0 Å². The Hall–Kier alpha value is -1.57. The predicted octanol–water partition coefficient (Wildman–Crippen LogP) is 3.83. The Balaban J connectivity index is 2.03. The van der Waals surface area contributed by atoms with E-state index in [0.717, 1.165) is 19.3 Å². The second-order valence-electron chi connectivity index (χ2n) is 4.76. The zero-order valence-corrected chi connectivity index (χ0v) is 10.9. The summed E-state index contributed by atoms with van der Waals surface area (Å²) in [6, 6.07) is 10.6. The number of hydrogen-bond donors (Lipinski definition) is 0. The molecule has 1 aliphatic rings.